The highest BCUT2D eigenvalue weighted by Crippen LogP contribution is 2.28. The molecule has 0 saturated heterocycles. The molecule has 4 aromatic heterocycles. The van der Waals surface area contributed by atoms with Crippen molar-refractivity contribution < 1.29 is 9.90 Å². The first kappa shape index (κ1) is 16.0. The van der Waals surface area contributed by atoms with Crippen molar-refractivity contribution in [1.29, 1.82) is 0 Å². The topological polar surface area (TPSA) is 123 Å². The third-order valence-corrected chi connectivity index (χ3v) is 4.39. The molecule has 0 fully saturated rings. The predicted octanol–water partition coefficient (Wildman–Crippen LogP) is 1.42. The molecule has 0 aliphatic carbocycles. The van der Waals surface area contributed by atoms with Gasteiger partial charge in [-0.2, -0.15) is 14.5 Å². The highest BCUT2D eigenvalue weighted by Gasteiger charge is 2.15. The molecule has 132 valence electrons. The van der Waals surface area contributed by atoms with E-state index >= 15 is 0 Å². The molecular weight excluding hydrogens is 356 g/mol. The van der Waals surface area contributed by atoms with Gasteiger partial charge in [0.2, 0.25) is 11.8 Å². The lowest BCUT2D eigenvalue weighted by atomic mass is 10.4. The first-order valence-electron chi connectivity index (χ1n) is 7.58. The van der Waals surface area contributed by atoms with Gasteiger partial charge in [0.15, 0.2) is 0 Å². The predicted molar refractivity (Wildman–Crippen MR) is 96.1 cm³/mol. The van der Waals surface area contributed by atoms with E-state index in [4.69, 9.17) is 0 Å². The zero-order valence-corrected chi connectivity index (χ0v) is 14.7. The molecule has 0 atom stereocenters. The fourth-order valence-electron chi connectivity index (χ4n) is 2.51. The van der Waals surface area contributed by atoms with Crippen LogP contribution in [0.4, 0.5) is 10.9 Å². The molecule has 4 heterocycles. The van der Waals surface area contributed by atoms with Gasteiger partial charge in [-0.1, -0.05) is 0 Å². The number of carbonyl (C=O) groups excluding carboxylic acids is 1. The number of aromatic nitrogens is 6. The average molecular weight is 370 g/mol. The second-order valence-electron chi connectivity index (χ2n) is 5.44. The second-order valence-corrected chi connectivity index (χ2v) is 6.25. The summed E-state index contributed by atoms with van der Waals surface area (Å²) in [6, 6.07) is 3.37. The smallest absolute Gasteiger partial charge is 0.270 e. The summed E-state index contributed by atoms with van der Waals surface area (Å²) in [6.45, 7) is 0. The molecule has 11 heteroatoms. The van der Waals surface area contributed by atoms with Crippen LogP contribution in [0, 0.1) is 0 Å². The summed E-state index contributed by atoms with van der Waals surface area (Å²) in [5.41, 5.74) is 2.15. The van der Waals surface area contributed by atoms with E-state index in [0.717, 1.165) is 17.2 Å². The highest BCUT2D eigenvalue weighted by molar-refractivity contribution is 7.10. The van der Waals surface area contributed by atoms with Crippen LogP contribution in [-0.2, 0) is 7.05 Å². The summed E-state index contributed by atoms with van der Waals surface area (Å²) >= 11 is 1.10. The van der Waals surface area contributed by atoms with Gasteiger partial charge in [0, 0.05) is 32.6 Å². The summed E-state index contributed by atoms with van der Waals surface area (Å²) in [5.74, 6) is -0.226. The monoisotopic (exact) mass is 370 g/mol. The number of carbonyl (C=O) groups is 1. The van der Waals surface area contributed by atoms with E-state index in [1.807, 2.05) is 13.2 Å². The summed E-state index contributed by atoms with van der Waals surface area (Å²) < 4.78 is 7.48. The Morgan fingerprint density at radius 3 is 2.92 bits per heavy atom. The number of hydrogen-bond acceptors (Lipinski definition) is 8. The van der Waals surface area contributed by atoms with E-state index in [1.54, 1.807) is 33.8 Å². The molecule has 26 heavy (non-hydrogen) atoms. The Bertz CT molecular complexity index is 1110. The van der Waals surface area contributed by atoms with Crippen molar-refractivity contribution in [2.45, 2.75) is 0 Å². The Hall–Kier alpha value is -3.47. The minimum Gasteiger partial charge on any atom is -0.492 e. The van der Waals surface area contributed by atoms with Crippen LogP contribution in [-0.4, -0.2) is 46.8 Å². The van der Waals surface area contributed by atoms with Crippen molar-refractivity contribution in [2.24, 2.45) is 7.05 Å². The highest BCUT2D eigenvalue weighted by atomic mass is 32.1. The number of anilines is 2. The van der Waals surface area contributed by atoms with Crippen LogP contribution in [0.2, 0.25) is 0 Å². The quantitative estimate of drug-likeness (QED) is 0.496. The third kappa shape index (κ3) is 2.73. The van der Waals surface area contributed by atoms with Crippen molar-refractivity contribution in [1.82, 2.24) is 34.0 Å². The van der Waals surface area contributed by atoms with Crippen LogP contribution in [0.3, 0.4) is 0 Å². The lowest BCUT2D eigenvalue weighted by Gasteiger charge is -2.05. The van der Waals surface area contributed by atoms with Crippen LogP contribution < -0.4 is 10.6 Å². The molecule has 0 bridgehead atoms. The van der Waals surface area contributed by atoms with Gasteiger partial charge in [-0.25, -0.2) is 4.98 Å². The maximum Gasteiger partial charge on any atom is 0.270 e. The van der Waals surface area contributed by atoms with E-state index in [-0.39, 0.29) is 17.7 Å². The number of rotatable bonds is 4. The summed E-state index contributed by atoms with van der Waals surface area (Å²) in [4.78, 5) is 20.1. The van der Waals surface area contributed by atoms with Gasteiger partial charge >= 0.3 is 0 Å². The first-order chi connectivity index (χ1) is 12.5. The fraction of sp³-hybridized carbons (Fsp3) is 0.133. The summed E-state index contributed by atoms with van der Waals surface area (Å²) in [7, 11) is 3.35. The lowest BCUT2D eigenvalue weighted by Crippen LogP contribution is -2.17. The Kier molecular flexibility index (Phi) is 3.77. The maximum atomic E-state index is 11.6. The molecule has 0 saturated carbocycles. The number of aromatic hydroxyl groups is 1. The third-order valence-electron chi connectivity index (χ3n) is 3.69. The van der Waals surface area contributed by atoms with E-state index in [1.165, 1.54) is 7.05 Å². The van der Waals surface area contributed by atoms with Crippen LogP contribution in [0.25, 0.3) is 16.7 Å². The summed E-state index contributed by atoms with van der Waals surface area (Å²) in [5, 5.41) is 20.6. The maximum absolute atomic E-state index is 11.6. The Morgan fingerprint density at radius 2 is 2.19 bits per heavy atom. The van der Waals surface area contributed by atoms with Gasteiger partial charge in [0.1, 0.15) is 16.2 Å². The van der Waals surface area contributed by atoms with Crippen LogP contribution in [0.5, 0.6) is 5.88 Å². The molecule has 0 radical (unpaired) electrons. The van der Waals surface area contributed by atoms with Gasteiger partial charge in [-0.05, 0) is 17.6 Å². The number of nitrogens with one attached hydrogen (secondary N) is 2. The minimum absolute atomic E-state index is 0.164. The fourth-order valence-corrected chi connectivity index (χ4v) is 3.14. The van der Waals surface area contributed by atoms with Gasteiger partial charge in [-0.15, -0.1) is 0 Å². The van der Waals surface area contributed by atoms with Gasteiger partial charge in [0.05, 0.1) is 17.4 Å². The summed E-state index contributed by atoms with van der Waals surface area (Å²) in [6.07, 6.45) is 5.29. The number of fused-ring (bicyclic) bond motifs is 1. The van der Waals surface area contributed by atoms with Crippen LogP contribution in [0.15, 0.2) is 30.7 Å². The molecule has 1 amide bonds. The first-order valence-corrected chi connectivity index (χ1v) is 8.35. The lowest BCUT2D eigenvalue weighted by molar-refractivity contribution is 0.0959. The van der Waals surface area contributed by atoms with Crippen LogP contribution >= 0.6 is 11.5 Å². The van der Waals surface area contributed by atoms with Crippen molar-refractivity contribution in [2.75, 3.05) is 12.4 Å². The molecule has 0 spiro atoms. The number of aryl methyl sites for hydroxylation is 1. The Balaban J connectivity index is 1.68. The van der Waals surface area contributed by atoms with Crippen molar-refractivity contribution in [3.63, 3.8) is 0 Å². The van der Waals surface area contributed by atoms with Gasteiger partial charge in [0.25, 0.3) is 5.91 Å². The molecule has 0 aliphatic heterocycles. The molecule has 4 rings (SSSR count). The van der Waals surface area contributed by atoms with Gasteiger partial charge in [-0.3, -0.25) is 9.48 Å². The number of nitrogens with zero attached hydrogens (tertiary/aromatic N) is 6. The molecule has 0 aliphatic rings. The number of hydrogen-bond donors (Lipinski definition) is 3. The largest absolute Gasteiger partial charge is 0.492 e. The molecule has 0 unspecified atom stereocenters. The van der Waals surface area contributed by atoms with Crippen molar-refractivity contribution in [3.05, 3.63) is 36.4 Å². The van der Waals surface area contributed by atoms with Gasteiger partial charge < -0.3 is 20.3 Å². The molecular formula is C15H14N8O2S. The average Bonchev–Trinajstić information content (AvgIpc) is 3.33. The van der Waals surface area contributed by atoms with Crippen LogP contribution in [0.1, 0.15) is 10.5 Å². The van der Waals surface area contributed by atoms with E-state index < -0.39 is 0 Å². The molecule has 4 aromatic rings. The SMILES string of the molecule is CNC(=O)c1cc(Nc2nc(O)c3c(ccn3-c3cnn(C)c3)n2)sn1. The number of amides is 1. The standard InChI is InChI=1S/C15H14N8O2S/c1-16-13(24)10-5-11(26-21-10)19-15-18-9-3-4-23(12(9)14(25)20-15)8-6-17-22(2)7-8/h3-7H,1-2H3,(H,16,24)(H2,18,19,20,25). The molecule has 0 aromatic carbocycles. The molecule has 10 nitrogen and oxygen atoms in total. The van der Waals surface area contributed by atoms with E-state index in [0.29, 0.717) is 21.7 Å². The van der Waals surface area contributed by atoms with E-state index in [9.17, 15) is 9.90 Å². The minimum atomic E-state index is -0.276. The van der Waals surface area contributed by atoms with E-state index in [2.05, 4.69) is 30.1 Å². The Morgan fingerprint density at radius 1 is 1.35 bits per heavy atom. The zero-order valence-electron chi connectivity index (χ0n) is 13.8. The van der Waals surface area contributed by atoms with Crippen molar-refractivity contribution >= 4 is 39.4 Å². The second kappa shape index (κ2) is 6.11. The zero-order chi connectivity index (χ0) is 18.3. The normalized spacial score (nSPS) is 11.0. The van der Waals surface area contributed by atoms with Crippen molar-refractivity contribution in [3.8, 4) is 11.6 Å². The molecule has 3 N–H and O–H groups in total. The Labute approximate surface area is 151 Å².